The van der Waals surface area contributed by atoms with Gasteiger partial charge in [-0.2, -0.15) is 0 Å². The molecule has 0 radical (unpaired) electrons. The van der Waals surface area contributed by atoms with Crippen molar-refractivity contribution in [2.24, 2.45) is 7.05 Å². The molecule has 190 valence electrons. The molecule has 0 saturated heterocycles. The number of aryl methyl sites for hydroxylation is 1. The molecule has 0 fully saturated rings. The molecule has 3 heterocycles. The van der Waals surface area contributed by atoms with Crippen molar-refractivity contribution in [2.45, 2.75) is 12.8 Å². The summed E-state index contributed by atoms with van der Waals surface area (Å²) in [6.07, 6.45) is 4.49. The Morgan fingerprint density at radius 2 is 0.975 bits per heavy atom. The Kier molecular flexibility index (Phi) is 4.37. The van der Waals surface area contributed by atoms with Crippen molar-refractivity contribution in [1.29, 1.82) is 0 Å². The van der Waals surface area contributed by atoms with Crippen LogP contribution in [0.15, 0.2) is 115 Å². The lowest BCUT2D eigenvalue weighted by Crippen LogP contribution is -2.06. The van der Waals surface area contributed by atoms with Crippen molar-refractivity contribution >= 4 is 66.3 Å². The van der Waals surface area contributed by atoms with Crippen LogP contribution in [-0.2, 0) is 13.5 Å². The number of fused-ring (bicyclic) bond motifs is 9. The van der Waals surface area contributed by atoms with Gasteiger partial charge >= 0.3 is 0 Å². The van der Waals surface area contributed by atoms with Gasteiger partial charge in [0.2, 0.25) is 0 Å². The molecule has 0 saturated carbocycles. The highest BCUT2D eigenvalue weighted by Gasteiger charge is 2.22. The molecule has 3 nitrogen and oxygen atoms in total. The second-order valence-electron chi connectivity index (χ2n) is 11.0. The highest BCUT2D eigenvalue weighted by molar-refractivity contribution is 6.12. The molecule has 0 N–H and O–H groups in total. The Bertz CT molecular complexity index is 2230. The molecule has 0 unspecified atom stereocenters. The van der Waals surface area contributed by atoms with E-state index in [2.05, 4.69) is 142 Å². The summed E-state index contributed by atoms with van der Waals surface area (Å²) < 4.78 is 7.31. The third-order valence-electron chi connectivity index (χ3n) is 8.98. The molecule has 8 aromatic rings. The predicted octanol–water partition coefficient (Wildman–Crippen LogP) is 9.33. The maximum Gasteiger partial charge on any atom is 0.0541 e. The van der Waals surface area contributed by atoms with E-state index in [0.29, 0.717) is 0 Å². The quantitative estimate of drug-likeness (QED) is 0.219. The Hall–Kier alpha value is -5.02. The van der Waals surface area contributed by atoms with Crippen LogP contribution in [-0.4, -0.2) is 13.7 Å². The molecule has 0 aliphatic heterocycles. The summed E-state index contributed by atoms with van der Waals surface area (Å²) in [5.74, 6) is 0. The first-order chi connectivity index (χ1) is 19.8. The summed E-state index contributed by atoms with van der Waals surface area (Å²) in [6, 6.07) is 42.1. The fourth-order valence-electron chi connectivity index (χ4n) is 7.21. The average molecular weight is 514 g/mol. The third kappa shape index (κ3) is 2.84. The fraction of sp³-hybridized carbons (Fsp3) is 0.0811. The monoisotopic (exact) mass is 513 g/mol. The smallest absolute Gasteiger partial charge is 0.0541 e. The summed E-state index contributed by atoms with van der Waals surface area (Å²) in [4.78, 5) is 0. The summed E-state index contributed by atoms with van der Waals surface area (Å²) in [6.45, 7) is 0. The van der Waals surface area contributed by atoms with Crippen LogP contribution in [0.5, 0.6) is 0 Å². The third-order valence-corrected chi connectivity index (χ3v) is 8.98. The molecule has 9 rings (SSSR count). The van der Waals surface area contributed by atoms with Crippen molar-refractivity contribution < 1.29 is 0 Å². The van der Waals surface area contributed by atoms with E-state index < -0.39 is 0 Å². The maximum absolute atomic E-state index is 2.49. The van der Waals surface area contributed by atoms with E-state index in [-0.39, 0.29) is 0 Å². The van der Waals surface area contributed by atoms with Gasteiger partial charge in [-0.05, 0) is 61.4 Å². The lowest BCUT2D eigenvalue weighted by Gasteiger charge is -2.18. The topological polar surface area (TPSA) is 14.8 Å². The minimum atomic E-state index is 1.01. The van der Waals surface area contributed by atoms with Crippen LogP contribution in [0.1, 0.15) is 17.7 Å². The molecular formula is C37H27N3. The van der Waals surface area contributed by atoms with Crippen LogP contribution in [0.2, 0.25) is 0 Å². The van der Waals surface area contributed by atoms with Crippen LogP contribution < -0.4 is 0 Å². The number of benzene rings is 5. The Morgan fingerprint density at radius 3 is 1.52 bits per heavy atom. The molecule has 3 aromatic heterocycles. The molecule has 5 aromatic carbocycles. The Morgan fingerprint density at radius 1 is 0.475 bits per heavy atom. The summed E-state index contributed by atoms with van der Waals surface area (Å²) in [7, 11) is 2.22. The molecule has 0 bridgehead atoms. The van der Waals surface area contributed by atoms with Gasteiger partial charge in [0.15, 0.2) is 0 Å². The Labute approximate surface area is 231 Å². The van der Waals surface area contributed by atoms with E-state index in [4.69, 9.17) is 0 Å². The lowest BCUT2D eigenvalue weighted by atomic mass is 9.99. The lowest BCUT2D eigenvalue weighted by molar-refractivity contribution is 0.817. The average Bonchev–Trinajstić information content (AvgIpc) is 3.63. The first-order valence-corrected chi connectivity index (χ1v) is 14.1. The fourth-order valence-corrected chi connectivity index (χ4v) is 7.21. The van der Waals surface area contributed by atoms with Gasteiger partial charge < -0.3 is 13.7 Å². The minimum Gasteiger partial charge on any atom is -0.347 e. The summed E-state index contributed by atoms with van der Waals surface area (Å²) in [5, 5.41) is 6.53. The number of allylic oxidation sites excluding steroid dienone is 1. The van der Waals surface area contributed by atoms with E-state index in [1.165, 1.54) is 77.2 Å². The normalized spacial score (nSPS) is 13.6. The van der Waals surface area contributed by atoms with Crippen LogP contribution in [0.3, 0.4) is 0 Å². The summed E-state index contributed by atoms with van der Waals surface area (Å²) in [5.41, 5.74) is 11.7. The van der Waals surface area contributed by atoms with Gasteiger partial charge in [-0.25, -0.2) is 0 Å². The number of para-hydroxylation sites is 4. The van der Waals surface area contributed by atoms with E-state index in [9.17, 15) is 0 Å². The van der Waals surface area contributed by atoms with Gasteiger partial charge in [-0.15, -0.1) is 0 Å². The zero-order valence-electron chi connectivity index (χ0n) is 22.3. The van der Waals surface area contributed by atoms with Crippen molar-refractivity contribution in [1.82, 2.24) is 13.7 Å². The number of rotatable bonds is 2. The molecular weight excluding hydrogens is 486 g/mol. The van der Waals surface area contributed by atoms with Crippen LogP contribution in [0, 0.1) is 0 Å². The first-order valence-electron chi connectivity index (χ1n) is 14.1. The van der Waals surface area contributed by atoms with Crippen molar-refractivity contribution in [3.05, 3.63) is 127 Å². The van der Waals surface area contributed by atoms with Crippen molar-refractivity contribution in [3.8, 4) is 5.69 Å². The second kappa shape index (κ2) is 8.00. The first kappa shape index (κ1) is 21.9. The maximum atomic E-state index is 2.49. The summed E-state index contributed by atoms with van der Waals surface area (Å²) >= 11 is 0. The SMILES string of the molecule is Cn1c2c(c3cc(-n4c5ccccc5c5ccccc54)ccc31)C=C(n1c3ccccc3c3ccccc31)CC2. The molecule has 1 aliphatic rings. The van der Waals surface area contributed by atoms with Crippen molar-refractivity contribution in [2.75, 3.05) is 0 Å². The molecule has 40 heavy (non-hydrogen) atoms. The largest absolute Gasteiger partial charge is 0.347 e. The van der Waals surface area contributed by atoms with Gasteiger partial charge in [-0.3, -0.25) is 0 Å². The number of aromatic nitrogens is 3. The van der Waals surface area contributed by atoms with Gasteiger partial charge in [-0.1, -0.05) is 72.8 Å². The Balaban J connectivity index is 1.31. The van der Waals surface area contributed by atoms with E-state index in [1.54, 1.807) is 0 Å². The van der Waals surface area contributed by atoms with Crippen LogP contribution in [0.25, 0.3) is 72.0 Å². The van der Waals surface area contributed by atoms with E-state index in [0.717, 1.165) is 12.8 Å². The van der Waals surface area contributed by atoms with Gasteiger partial charge in [0.05, 0.1) is 22.1 Å². The van der Waals surface area contributed by atoms with Crippen LogP contribution >= 0.6 is 0 Å². The number of nitrogens with zero attached hydrogens (tertiary/aromatic N) is 3. The molecule has 1 aliphatic carbocycles. The minimum absolute atomic E-state index is 1.01. The zero-order chi connectivity index (χ0) is 26.4. The predicted molar refractivity (Wildman–Crippen MR) is 169 cm³/mol. The highest BCUT2D eigenvalue weighted by Crippen LogP contribution is 2.40. The molecule has 0 atom stereocenters. The molecule has 0 spiro atoms. The highest BCUT2D eigenvalue weighted by atomic mass is 15.0. The van der Waals surface area contributed by atoms with E-state index >= 15 is 0 Å². The van der Waals surface area contributed by atoms with Crippen LogP contribution in [0.4, 0.5) is 0 Å². The number of hydrogen-bond acceptors (Lipinski definition) is 0. The second-order valence-corrected chi connectivity index (χ2v) is 11.0. The van der Waals surface area contributed by atoms with Gasteiger partial charge in [0.25, 0.3) is 0 Å². The standard InChI is InChI=1S/C37H27N3/c1-38-32-20-18-24(39-34-14-6-2-10-26(34)27-11-3-7-15-35(27)39)22-30(32)31-23-25(19-21-33(31)38)40-36-16-8-4-12-28(36)29-13-5-9-17-37(29)40/h2-18,20,22-23H,19,21H2,1H3. The van der Waals surface area contributed by atoms with Gasteiger partial charge in [0, 0.05) is 62.1 Å². The number of hydrogen-bond donors (Lipinski definition) is 0. The van der Waals surface area contributed by atoms with E-state index in [1.807, 2.05) is 0 Å². The molecule has 3 heteroatoms. The van der Waals surface area contributed by atoms with Crippen molar-refractivity contribution in [3.63, 3.8) is 0 Å². The van der Waals surface area contributed by atoms with Gasteiger partial charge in [0.1, 0.15) is 0 Å². The zero-order valence-corrected chi connectivity index (χ0v) is 22.3. The molecule has 0 amide bonds.